The van der Waals surface area contributed by atoms with Crippen molar-refractivity contribution in [2.45, 2.75) is 64.9 Å². The molecule has 0 unspecified atom stereocenters. The predicted octanol–water partition coefficient (Wildman–Crippen LogP) is 3.74. The Hall–Kier alpha value is -0.630. The number of aliphatic hydroxyl groups is 1. The Balaban J connectivity index is 1.68. The summed E-state index contributed by atoms with van der Waals surface area (Å²) in [4.78, 5) is 11.8. The molecule has 4 aliphatic carbocycles. The van der Waals surface area contributed by atoms with Crippen LogP contribution in [-0.4, -0.2) is 17.0 Å². The third kappa shape index (κ3) is 1.78. The van der Waals surface area contributed by atoms with Crippen LogP contribution in [0, 0.1) is 34.5 Å². The Labute approximate surface area is 128 Å². The molecule has 0 aromatic carbocycles. The van der Waals surface area contributed by atoms with Crippen molar-refractivity contribution in [2.24, 2.45) is 34.5 Å². The number of hydrogen-bond donors (Lipinski definition) is 1. The molecule has 4 rings (SSSR count). The normalized spacial score (nSPS) is 55.8. The van der Waals surface area contributed by atoms with Gasteiger partial charge in [-0.1, -0.05) is 19.9 Å². The van der Waals surface area contributed by atoms with Crippen LogP contribution in [0.1, 0.15) is 58.8 Å². The highest BCUT2D eigenvalue weighted by Gasteiger charge is 2.59. The maximum atomic E-state index is 11.8. The van der Waals surface area contributed by atoms with Crippen LogP contribution in [0.4, 0.5) is 0 Å². The fourth-order valence-electron chi connectivity index (χ4n) is 6.61. The molecule has 0 aliphatic heterocycles. The average molecular weight is 288 g/mol. The number of hydrogen-bond acceptors (Lipinski definition) is 2. The molecule has 2 heteroatoms. The van der Waals surface area contributed by atoms with Gasteiger partial charge in [0.15, 0.2) is 5.78 Å². The van der Waals surface area contributed by atoms with Crippen molar-refractivity contribution in [3.05, 3.63) is 12.2 Å². The van der Waals surface area contributed by atoms with Gasteiger partial charge in [-0.2, -0.15) is 0 Å². The fraction of sp³-hybridized carbons (Fsp3) is 0.842. The van der Waals surface area contributed by atoms with E-state index in [1.54, 1.807) is 0 Å². The molecule has 0 bridgehead atoms. The van der Waals surface area contributed by atoms with Crippen LogP contribution in [-0.2, 0) is 4.79 Å². The Bertz CT molecular complexity index is 496. The number of carbonyl (C=O) groups excluding carboxylic acids is 1. The van der Waals surface area contributed by atoms with E-state index in [0.717, 1.165) is 24.7 Å². The minimum absolute atomic E-state index is 0.0857. The maximum Gasteiger partial charge on any atom is 0.155 e. The quantitative estimate of drug-likeness (QED) is 0.737. The van der Waals surface area contributed by atoms with Crippen molar-refractivity contribution in [2.75, 3.05) is 0 Å². The zero-order chi connectivity index (χ0) is 14.8. The first-order chi connectivity index (χ1) is 9.95. The zero-order valence-electron chi connectivity index (χ0n) is 13.3. The van der Waals surface area contributed by atoms with Crippen molar-refractivity contribution in [3.63, 3.8) is 0 Å². The van der Waals surface area contributed by atoms with E-state index in [4.69, 9.17) is 0 Å². The van der Waals surface area contributed by atoms with Gasteiger partial charge in [0.25, 0.3) is 0 Å². The monoisotopic (exact) mass is 288 g/mol. The van der Waals surface area contributed by atoms with E-state index in [1.165, 1.54) is 32.1 Å². The Morgan fingerprint density at radius 3 is 2.71 bits per heavy atom. The fourth-order valence-corrected chi connectivity index (χ4v) is 6.61. The first-order valence-electron chi connectivity index (χ1n) is 8.85. The predicted molar refractivity (Wildman–Crippen MR) is 82.6 cm³/mol. The second-order valence-electron chi connectivity index (χ2n) is 8.66. The van der Waals surface area contributed by atoms with Crippen LogP contribution in [0.25, 0.3) is 0 Å². The molecule has 3 saturated carbocycles. The molecule has 0 aromatic heterocycles. The molecule has 0 amide bonds. The number of fused-ring (bicyclic) bond motifs is 5. The summed E-state index contributed by atoms with van der Waals surface area (Å²) in [5.74, 6) is 3.08. The standard InChI is InChI=1S/C19H28O2/c1-18-9-7-13(20)11-12(18)3-4-14-15-5-6-17(21)19(15,2)10-8-16(14)18/h7,9,12,14-17,21H,3-6,8,10-11H2,1-2H3/t12-,14-,15-,16-,17+,18-,19-/m0/s1. The summed E-state index contributed by atoms with van der Waals surface area (Å²) in [7, 11) is 0. The van der Waals surface area contributed by atoms with E-state index in [2.05, 4.69) is 19.9 Å². The lowest BCUT2D eigenvalue weighted by molar-refractivity contribution is -0.123. The highest BCUT2D eigenvalue weighted by Crippen LogP contribution is 2.64. The first-order valence-corrected chi connectivity index (χ1v) is 8.85. The smallest absolute Gasteiger partial charge is 0.155 e. The summed E-state index contributed by atoms with van der Waals surface area (Å²) in [5, 5.41) is 10.4. The van der Waals surface area contributed by atoms with Gasteiger partial charge in [-0.05, 0) is 79.1 Å². The highest BCUT2D eigenvalue weighted by atomic mass is 16.3. The zero-order valence-corrected chi connectivity index (χ0v) is 13.3. The van der Waals surface area contributed by atoms with Gasteiger partial charge in [0.1, 0.15) is 0 Å². The maximum absolute atomic E-state index is 11.8. The van der Waals surface area contributed by atoms with Gasteiger partial charge >= 0.3 is 0 Å². The molecule has 116 valence electrons. The van der Waals surface area contributed by atoms with Gasteiger partial charge in [0.2, 0.25) is 0 Å². The number of carbonyl (C=O) groups is 1. The largest absolute Gasteiger partial charge is 0.393 e. The van der Waals surface area contributed by atoms with E-state index >= 15 is 0 Å². The Morgan fingerprint density at radius 1 is 1.10 bits per heavy atom. The molecule has 4 aliphatic rings. The highest BCUT2D eigenvalue weighted by molar-refractivity contribution is 5.91. The SMILES string of the molecule is C[C@]12C=CC(=O)C[C@@H]1CC[C@@H]1[C@@H]2CC[C@]2(C)[C@H](O)CC[C@@H]12. The van der Waals surface area contributed by atoms with Crippen molar-refractivity contribution in [3.8, 4) is 0 Å². The van der Waals surface area contributed by atoms with Crippen LogP contribution >= 0.6 is 0 Å². The second kappa shape index (κ2) is 4.44. The summed E-state index contributed by atoms with van der Waals surface area (Å²) >= 11 is 0. The molecule has 2 nitrogen and oxygen atoms in total. The van der Waals surface area contributed by atoms with Crippen LogP contribution in [0.3, 0.4) is 0 Å². The second-order valence-corrected chi connectivity index (χ2v) is 8.66. The van der Waals surface area contributed by atoms with Gasteiger partial charge in [-0.3, -0.25) is 4.79 Å². The van der Waals surface area contributed by atoms with E-state index in [0.29, 0.717) is 17.6 Å². The molecule has 1 N–H and O–H groups in total. The molecule has 0 saturated heterocycles. The molecular formula is C19H28O2. The summed E-state index contributed by atoms with van der Waals surface area (Å²) < 4.78 is 0. The number of ketones is 1. The van der Waals surface area contributed by atoms with Crippen molar-refractivity contribution < 1.29 is 9.90 Å². The molecule has 3 fully saturated rings. The lowest BCUT2D eigenvalue weighted by Crippen LogP contribution is -2.52. The Morgan fingerprint density at radius 2 is 1.90 bits per heavy atom. The molecule has 0 spiro atoms. The third-order valence-electron chi connectivity index (χ3n) is 7.99. The molecular weight excluding hydrogens is 260 g/mol. The van der Waals surface area contributed by atoms with Gasteiger partial charge in [-0.15, -0.1) is 0 Å². The number of aliphatic hydroxyl groups excluding tert-OH is 1. The van der Waals surface area contributed by atoms with Gasteiger partial charge in [0.05, 0.1) is 6.10 Å². The topological polar surface area (TPSA) is 37.3 Å². The summed E-state index contributed by atoms with van der Waals surface area (Å²) in [6, 6.07) is 0. The summed E-state index contributed by atoms with van der Waals surface area (Å²) in [6.45, 7) is 4.74. The molecule has 21 heavy (non-hydrogen) atoms. The molecule has 0 heterocycles. The van der Waals surface area contributed by atoms with Crippen molar-refractivity contribution in [1.82, 2.24) is 0 Å². The molecule has 0 radical (unpaired) electrons. The number of allylic oxidation sites excluding steroid dienone is 2. The lowest BCUT2D eigenvalue weighted by Gasteiger charge is -2.58. The summed E-state index contributed by atoms with van der Waals surface area (Å²) in [5.41, 5.74) is 0.393. The first kappa shape index (κ1) is 14.0. The lowest BCUT2D eigenvalue weighted by atomic mass is 9.46. The van der Waals surface area contributed by atoms with Crippen LogP contribution in [0.15, 0.2) is 12.2 Å². The van der Waals surface area contributed by atoms with Gasteiger partial charge in [-0.25, -0.2) is 0 Å². The van der Waals surface area contributed by atoms with Crippen LogP contribution in [0.2, 0.25) is 0 Å². The minimum atomic E-state index is -0.0857. The van der Waals surface area contributed by atoms with Crippen molar-refractivity contribution in [1.29, 1.82) is 0 Å². The van der Waals surface area contributed by atoms with E-state index in [9.17, 15) is 9.90 Å². The molecule has 7 atom stereocenters. The third-order valence-corrected chi connectivity index (χ3v) is 7.99. The average Bonchev–Trinajstić information content (AvgIpc) is 2.76. The van der Waals surface area contributed by atoms with Gasteiger partial charge < -0.3 is 5.11 Å². The van der Waals surface area contributed by atoms with Crippen molar-refractivity contribution >= 4 is 5.78 Å². The Kier molecular flexibility index (Phi) is 2.96. The summed E-state index contributed by atoms with van der Waals surface area (Å²) in [6.07, 6.45) is 11.9. The minimum Gasteiger partial charge on any atom is -0.393 e. The van der Waals surface area contributed by atoms with E-state index in [1.807, 2.05) is 6.08 Å². The molecule has 0 aromatic rings. The van der Waals surface area contributed by atoms with E-state index < -0.39 is 0 Å². The number of rotatable bonds is 0. The van der Waals surface area contributed by atoms with Crippen LogP contribution in [0.5, 0.6) is 0 Å². The van der Waals surface area contributed by atoms with Gasteiger partial charge in [0, 0.05) is 6.42 Å². The van der Waals surface area contributed by atoms with E-state index in [-0.39, 0.29) is 16.9 Å². The van der Waals surface area contributed by atoms with Crippen LogP contribution < -0.4 is 0 Å².